The van der Waals surface area contributed by atoms with Gasteiger partial charge in [-0.05, 0) is 26.0 Å². The van der Waals surface area contributed by atoms with Gasteiger partial charge in [-0.1, -0.05) is 12.1 Å². The van der Waals surface area contributed by atoms with Crippen LogP contribution in [0.25, 0.3) is 0 Å². The SMILES string of the molecule is CC(C)Oc1ccccc1Nc1cncnc1. The number of ether oxygens (including phenoxy) is 1. The van der Waals surface area contributed by atoms with Gasteiger partial charge in [0.15, 0.2) is 0 Å². The number of para-hydroxylation sites is 2. The Morgan fingerprint density at radius 2 is 1.82 bits per heavy atom. The molecule has 0 saturated carbocycles. The summed E-state index contributed by atoms with van der Waals surface area (Å²) < 4.78 is 5.71. The minimum Gasteiger partial charge on any atom is -0.489 e. The van der Waals surface area contributed by atoms with E-state index in [1.807, 2.05) is 38.1 Å². The molecule has 0 fully saturated rings. The third kappa shape index (κ3) is 3.17. The lowest BCUT2D eigenvalue weighted by Crippen LogP contribution is -2.07. The van der Waals surface area contributed by atoms with Crippen LogP contribution in [0.5, 0.6) is 5.75 Å². The molecule has 0 atom stereocenters. The Morgan fingerprint density at radius 3 is 2.53 bits per heavy atom. The largest absolute Gasteiger partial charge is 0.489 e. The Labute approximate surface area is 101 Å². The van der Waals surface area contributed by atoms with Crippen LogP contribution in [0.4, 0.5) is 11.4 Å². The molecule has 0 amide bonds. The summed E-state index contributed by atoms with van der Waals surface area (Å²) in [6.45, 7) is 4.00. The van der Waals surface area contributed by atoms with Gasteiger partial charge in [0.2, 0.25) is 0 Å². The highest BCUT2D eigenvalue weighted by atomic mass is 16.5. The third-order valence-corrected chi connectivity index (χ3v) is 2.09. The fraction of sp³-hybridized carbons (Fsp3) is 0.231. The van der Waals surface area contributed by atoms with E-state index in [1.54, 1.807) is 12.4 Å². The van der Waals surface area contributed by atoms with Crippen molar-refractivity contribution < 1.29 is 4.74 Å². The summed E-state index contributed by atoms with van der Waals surface area (Å²) in [6.07, 6.45) is 5.09. The monoisotopic (exact) mass is 229 g/mol. The summed E-state index contributed by atoms with van der Waals surface area (Å²) in [5.74, 6) is 0.825. The first-order valence-electron chi connectivity index (χ1n) is 5.53. The van der Waals surface area contributed by atoms with Crippen molar-refractivity contribution in [2.75, 3.05) is 5.32 Å². The molecule has 17 heavy (non-hydrogen) atoms. The van der Waals surface area contributed by atoms with E-state index in [9.17, 15) is 0 Å². The molecule has 2 rings (SSSR count). The molecule has 1 N–H and O–H groups in total. The number of nitrogens with zero attached hydrogens (tertiary/aromatic N) is 2. The quantitative estimate of drug-likeness (QED) is 0.875. The fourth-order valence-electron chi connectivity index (χ4n) is 1.45. The van der Waals surface area contributed by atoms with Crippen molar-refractivity contribution in [3.8, 4) is 5.75 Å². The van der Waals surface area contributed by atoms with Gasteiger partial charge in [0.05, 0.1) is 29.9 Å². The van der Waals surface area contributed by atoms with Gasteiger partial charge in [0, 0.05) is 0 Å². The molecule has 0 aliphatic carbocycles. The summed E-state index contributed by atoms with van der Waals surface area (Å²) >= 11 is 0. The third-order valence-electron chi connectivity index (χ3n) is 2.09. The van der Waals surface area contributed by atoms with Crippen LogP contribution in [0.2, 0.25) is 0 Å². The van der Waals surface area contributed by atoms with E-state index >= 15 is 0 Å². The van der Waals surface area contributed by atoms with Gasteiger partial charge in [-0.25, -0.2) is 9.97 Å². The smallest absolute Gasteiger partial charge is 0.143 e. The number of benzene rings is 1. The molecule has 1 aromatic carbocycles. The zero-order chi connectivity index (χ0) is 12.1. The summed E-state index contributed by atoms with van der Waals surface area (Å²) in [7, 11) is 0. The first-order valence-corrected chi connectivity index (χ1v) is 5.53. The first-order chi connectivity index (χ1) is 8.25. The highest BCUT2D eigenvalue weighted by molar-refractivity contribution is 5.65. The maximum Gasteiger partial charge on any atom is 0.143 e. The number of aromatic nitrogens is 2. The number of hydrogen-bond donors (Lipinski definition) is 1. The standard InChI is InChI=1S/C13H15N3O/c1-10(2)17-13-6-4-3-5-12(13)16-11-7-14-9-15-8-11/h3-10,16H,1-2H3. The highest BCUT2D eigenvalue weighted by Crippen LogP contribution is 2.27. The first kappa shape index (κ1) is 11.4. The van der Waals surface area contributed by atoms with E-state index in [4.69, 9.17) is 4.74 Å². The average molecular weight is 229 g/mol. The second-order valence-electron chi connectivity index (χ2n) is 3.91. The lowest BCUT2D eigenvalue weighted by atomic mass is 10.3. The van der Waals surface area contributed by atoms with Gasteiger partial charge >= 0.3 is 0 Å². The summed E-state index contributed by atoms with van der Waals surface area (Å²) in [6, 6.07) is 7.81. The molecular formula is C13H15N3O. The van der Waals surface area contributed by atoms with Crippen molar-refractivity contribution in [3.05, 3.63) is 43.0 Å². The number of rotatable bonds is 4. The van der Waals surface area contributed by atoms with E-state index in [0.29, 0.717) is 0 Å². The molecule has 0 radical (unpaired) electrons. The van der Waals surface area contributed by atoms with Crippen LogP contribution < -0.4 is 10.1 Å². The van der Waals surface area contributed by atoms with Crippen LogP contribution >= 0.6 is 0 Å². The van der Waals surface area contributed by atoms with Crippen molar-refractivity contribution >= 4 is 11.4 Å². The number of nitrogens with one attached hydrogen (secondary N) is 1. The van der Waals surface area contributed by atoms with Crippen molar-refractivity contribution in [1.82, 2.24) is 9.97 Å². The van der Waals surface area contributed by atoms with E-state index in [-0.39, 0.29) is 6.10 Å². The predicted molar refractivity (Wildman–Crippen MR) is 67.5 cm³/mol. The molecule has 0 unspecified atom stereocenters. The van der Waals surface area contributed by atoms with Crippen LogP contribution in [0.15, 0.2) is 43.0 Å². The molecule has 0 aliphatic rings. The lowest BCUT2D eigenvalue weighted by Gasteiger charge is -2.14. The molecule has 4 nitrogen and oxygen atoms in total. The second kappa shape index (κ2) is 5.30. The molecule has 1 aromatic heterocycles. The Hall–Kier alpha value is -2.10. The molecule has 88 valence electrons. The van der Waals surface area contributed by atoms with Gasteiger partial charge in [0.1, 0.15) is 12.1 Å². The van der Waals surface area contributed by atoms with Crippen LogP contribution in [-0.2, 0) is 0 Å². The minimum atomic E-state index is 0.143. The summed E-state index contributed by atoms with van der Waals surface area (Å²) in [5, 5.41) is 3.23. The van der Waals surface area contributed by atoms with E-state index in [1.165, 1.54) is 6.33 Å². The van der Waals surface area contributed by atoms with Gasteiger partial charge in [0.25, 0.3) is 0 Å². The number of anilines is 2. The Bertz CT molecular complexity index is 471. The van der Waals surface area contributed by atoms with Crippen molar-refractivity contribution in [3.63, 3.8) is 0 Å². The molecule has 0 aliphatic heterocycles. The predicted octanol–water partition coefficient (Wildman–Crippen LogP) is 3.01. The number of hydrogen-bond acceptors (Lipinski definition) is 4. The molecule has 0 spiro atoms. The van der Waals surface area contributed by atoms with E-state index < -0.39 is 0 Å². The van der Waals surface area contributed by atoms with Gasteiger partial charge in [-0.2, -0.15) is 0 Å². The highest BCUT2D eigenvalue weighted by Gasteiger charge is 2.04. The second-order valence-corrected chi connectivity index (χ2v) is 3.91. The van der Waals surface area contributed by atoms with Crippen molar-refractivity contribution in [2.45, 2.75) is 20.0 Å². The molecular weight excluding hydrogens is 214 g/mol. The van der Waals surface area contributed by atoms with Crippen molar-refractivity contribution in [2.24, 2.45) is 0 Å². The molecule has 4 heteroatoms. The molecule has 1 heterocycles. The molecule has 0 bridgehead atoms. The van der Waals surface area contributed by atoms with Crippen LogP contribution in [0, 0.1) is 0 Å². The fourth-order valence-corrected chi connectivity index (χ4v) is 1.45. The molecule has 0 saturated heterocycles. The topological polar surface area (TPSA) is 47.0 Å². The average Bonchev–Trinajstić information content (AvgIpc) is 2.32. The van der Waals surface area contributed by atoms with Crippen molar-refractivity contribution in [1.29, 1.82) is 0 Å². The Morgan fingerprint density at radius 1 is 1.12 bits per heavy atom. The normalized spacial score (nSPS) is 10.3. The zero-order valence-corrected chi connectivity index (χ0v) is 9.92. The zero-order valence-electron chi connectivity index (χ0n) is 9.92. The maximum atomic E-state index is 5.71. The Balaban J connectivity index is 2.20. The minimum absolute atomic E-state index is 0.143. The van der Waals surface area contributed by atoms with E-state index in [0.717, 1.165) is 17.1 Å². The summed E-state index contributed by atoms with van der Waals surface area (Å²) in [4.78, 5) is 7.91. The van der Waals surface area contributed by atoms with Gasteiger partial charge < -0.3 is 10.1 Å². The van der Waals surface area contributed by atoms with Crippen LogP contribution in [-0.4, -0.2) is 16.1 Å². The summed E-state index contributed by atoms with van der Waals surface area (Å²) in [5.41, 5.74) is 1.75. The van der Waals surface area contributed by atoms with Crippen LogP contribution in [0.3, 0.4) is 0 Å². The Kier molecular flexibility index (Phi) is 3.55. The van der Waals surface area contributed by atoms with Crippen LogP contribution in [0.1, 0.15) is 13.8 Å². The maximum absolute atomic E-state index is 5.71. The van der Waals surface area contributed by atoms with Gasteiger partial charge in [-0.3, -0.25) is 0 Å². The lowest BCUT2D eigenvalue weighted by molar-refractivity contribution is 0.244. The van der Waals surface area contributed by atoms with E-state index in [2.05, 4.69) is 15.3 Å². The molecule has 2 aromatic rings. The van der Waals surface area contributed by atoms with Gasteiger partial charge in [-0.15, -0.1) is 0 Å².